The third kappa shape index (κ3) is 3.32. The fourth-order valence-electron chi connectivity index (χ4n) is 4.73. The topological polar surface area (TPSA) is 78.0 Å². The van der Waals surface area contributed by atoms with E-state index in [2.05, 4.69) is 51.7 Å². The molecule has 5 rings (SSSR count). The van der Waals surface area contributed by atoms with Crippen molar-refractivity contribution in [2.75, 3.05) is 31.1 Å². The average Bonchev–Trinajstić information content (AvgIpc) is 3.38. The summed E-state index contributed by atoms with van der Waals surface area (Å²) in [5.74, 6) is 2.95. The zero-order valence-corrected chi connectivity index (χ0v) is 18.0. The zero-order valence-electron chi connectivity index (χ0n) is 18.0. The lowest BCUT2D eigenvalue weighted by Gasteiger charge is -2.24. The molecule has 2 unspecified atom stereocenters. The molecular formula is C23H28N6O. The minimum atomic E-state index is 0.00476. The van der Waals surface area contributed by atoms with Crippen LogP contribution in [0, 0.1) is 18.8 Å². The number of nitrogens with one attached hydrogen (secondary N) is 1. The molecule has 2 aliphatic rings. The van der Waals surface area contributed by atoms with Crippen LogP contribution in [0.25, 0.3) is 11.0 Å². The third-order valence-corrected chi connectivity index (χ3v) is 6.37. The Balaban J connectivity index is 1.28. The van der Waals surface area contributed by atoms with E-state index in [1.165, 1.54) is 0 Å². The molecule has 0 saturated carbocycles. The van der Waals surface area contributed by atoms with Gasteiger partial charge in [-0.1, -0.05) is 20.8 Å². The first-order valence-corrected chi connectivity index (χ1v) is 10.6. The predicted molar refractivity (Wildman–Crippen MR) is 117 cm³/mol. The fraction of sp³-hybridized carbons (Fsp3) is 0.478. The zero-order chi connectivity index (χ0) is 21.0. The van der Waals surface area contributed by atoms with Gasteiger partial charge >= 0.3 is 0 Å². The minimum absolute atomic E-state index is 0.00476. The SMILES string of the molecule is Cc1nc2ccc(C(=O)N3CC4CN(c5cc(C(C)(C)C)ncn5)CC4C3)cc2[nH]1. The van der Waals surface area contributed by atoms with Gasteiger partial charge in [0.2, 0.25) is 0 Å². The Bertz CT molecular complexity index is 1100. The molecule has 2 aliphatic heterocycles. The monoisotopic (exact) mass is 404 g/mol. The van der Waals surface area contributed by atoms with E-state index in [-0.39, 0.29) is 11.3 Å². The summed E-state index contributed by atoms with van der Waals surface area (Å²) in [5, 5.41) is 0. The molecule has 30 heavy (non-hydrogen) atoms. The maximum atomic E-state index is 13.1. The van der Waals surface area contributed by atoms with Crippen LogP contribution < -0.4 is 4.90 Å². The molecule has 3 aromatic rings. The molecule has 1 aromatic carbocycles. The molecule has 156 valence electrons. The van der Waals surface area contributed by atoms with Gasteiger partial charge < -0.3 is 14.8 Å². The van der Waals surface area contributed by atoms with Crippen molar-refractivity contribution in [3.05, 3.63) is 47.7 Å². The van der Waals surface area contributed by atoms with E-state index in [0.29, 0.717) is 11.8 Å². The summed E-state index contributed by atoms with van der Waals surface area (Å²) in [7, 11) is 0. The Kier molecular flexibility index (Phi) is 4.31. The van der Waals surface area contributed by atoms with E-state index in [1.807, 2.05) is 30.0 Å². The molecule has 4 heterocycles. The van der Waals surface area contributed by atoms with Gasteiger partial charge in [-0.05, 0) is 25.1 Å². The smallest absolute Gasteiger partial charge is 0.253 e. The Morgan fingerprint density at radius 2 is 1.80 bits per heavy atom. The molecule has 1 amide bonds. The molecule has 7 nitrogen and oxygen atoms in total. The normalized spacial score (nSPS) is 21.5. The van der Waals surface area contributed by atoms with Crippen LogP contribution >= 0.6 is 0 Å². The molecule has 1 N–H and O–H groups in total. The van der Waals surface area contributed by atoms with Gasteiger partial charge in [-0.25, -0.2) is 15.0 Å². The summed E-state index contributed by atoms with van der Waals surface area (Å²) in [6, 6.07) is 7.85. The summed E-state index contributed by atoms with van der Waals surface area (Å²) in [6.45, 7) is 11.9. The number of benzene rings is 1. The Hall–Kier alpha value is -2.96. The fourth-order valence-corrected chi connectivity index (χ4v) is 4.73. The van der Waals surface area contributed by atoms with Crippen molar-refractivity contribution in [2.24, 2.45) is 11.8 Å². The lowest BCUT2D eigenvalue weighted by molar-refractivity contribution is 0.0782. The summed E-state index contributed by atoms with van der Waals surface area (Å²) in [5.41, 5.74) is 3.62. The van der Waals surface area contributed by atoms with E-state index < -0.39 is 0 Å². The van der Waals surface area contributed by atoms with Crippen LogP contribution in [0.1, 0.15) is 42.6 Å². The maximum Gasteiger partial charge on any atom is 0.253 e. The number of anilines is 1. The maximum absolute atomic E-state index is 13.1. The van der Waals surface area contributed by atoms with E-state index >= 15 is 0 Å². The van der Waals surface area contributed by atoms with Gasteiger partial charge in [-0.15, -0.1) is 0 Å². The highest BCUT2D eigenvalue weighted by Gasteiger charge is 2.42. The first-order valence-electron chi connectivity index (χ1n) is 10.6. The van der Waals surface area contributed by atoms with Crippen molar-refractivity contribution in [1.29, 1.82) is 0 Å². The first kappa shape index (κ1) is 19.0. The average molecular weight is 405 g/mol. The summed E-state index contributed by atoms with van der Waals surface area (Å²) < 4.78 is 0. The van der Waals surface area contributed by atoms with Gasteiger partial charge in [-0.3, -0.25) is 4.79 Å². The van der Waals surface area contributed by atoms with E-state index in [4.69, 9.17) is 0 Å². The molecule has 0 radical (unpaired) electrons. The molecule has 2 aromatic heterocycles. The standard InChI is InChI=1S/C23H28N6O/c1-14-26-18-6-5-15(7-19(18)27-14)22(30)29-11-16-9-28(10-17(16)12-29)21-8-20(23(2,3)4)24-13-25-21/h5-8,13,16-17H,9-12H2,1-4H3,(H,26,27). The van der Waals surface area contributed by atoms with Gasteiger partial charge in [0, 0.05) is 55.1 Å². The number of aryl methyl sites for hydroxylation is 1. The lowest BCUT2D eigenvalue weighted by Crippen LogP contribution is -2.33. The number of hydrogen-bond acceptors (Lipinski definition) is 5. The summed E-state index contributed by atoms with van der Waals surface area (Å²) in [6.07, 6.45) is 1.67. The van der Waals surface area contributed by atoms with Crippen molar-refractivity contribution >= 4 is 22.8 Å². The lowest BCUT2D eigenvalue weighted by atomic mass is 9.92. The molecule has 2 atom stereocenters. The molecule has 0 spiro atoms. The number of aromatic amines is 1. The number of carbonyl (C=O) groups excluding carboxylic acids is 1. The number of nitrogens with zero attached hydrogens (tertiary/aromatic N) is 5. The highest BCUT2D eigenvalue weighted by atomic mass is 16.2. The van der Waals surface area contributed by atoms with Crippen molar-refractivity contribution in [3.8, 4) is 0 Å². The number of rotatable bonds is 2. The van der Waals surface area contributed by atoms with Gasteiger partial charge in [0.15, 0.2) is 0 Å². The van der Waals surface area contributed by atoms with Crippen LogP contribution in [-0.4, -0.2) is 56.9 Å². The molecule has 7 heteroatoms. The molecule has 2 saturated heterocycles. The van der Waals surface area contributed by atoms with Crippen molar-refractivity contribution in [3.63, 3.8) is 0 Å². The third-order valence-electron chi connectivity index (χ3n) is 6.37. The molecule has 0 aliphatic carbocycles. The number of imidazole rings is 1. The molecule has 2 fully saturated rings. The van der Waals surface area contributed by atoms with Crippen molar-refractivity contribution in [1.82, 2.24) is 24.8 Å². The number of carbonyl (C=O) groups is 1. The number of H-pyrrole nitrogens is 1. The highest BCUT2D eigenvalue weighted by Crippen LogP contribution is 2.35. The van der Waals surface area contributed by atoms with Gasteiger partial charge in [0.25, 0.3) is 5.91 Å². The second kappa shape index (κ2) is 6.79. The van der Waals surface area contributed by atoms with E-state index in [1.54, 1.807) is 6.33 Å². The van der Waals surface area contributed by atoms with Gasteiger partial charge in [0.1, 0.15) is 18.0 Å². The number of amides is 1. The van der Waals surface area contributed by atoms with Crippen LogP contribution in [0.2, 0.25) is 0 Å². The number of likely N-dealkylation sites (tertiary alicyclic amines) is 1. The van der Waals surface area contributed by atoms with E-state index in [0.717, 1.165) is 60.1 Å². The Morgan fingerprint density at radius 1 is 1.07 bits per heavy atom. The largest absolute Gasteiger partial charge is 0.356 e. The highest BCUT2D eigenvalue weighted by molar-refractivity contribution is 5.97. The van der Waals surface area contributed by atoms with Crippen LogP contribution in [0.4, 0.5) is 5.82 Å². The van der Waals surface area contributed by atoms with Crippen molar-refractivity contribution < 1.29 is 4.79 Å². The van der Waals surface area contributed by atoms with Gasteiger partial charge in [-0.2, -0.15) is 0 Å². The second-order valence-corrected chi connectivity index (χ2v) is 9.70. The molecule has 0 bridgehead atoms. The Morgan fingerprint density at radius 3 is 2.50 bits per heavy atom. The van der Waals surface area contributed by atoms with Crippen LogP contribution in [-0.2, 0) is 5.41 Å². The van der Waals surface area contributed by atoms with Gasteiger partial charge in [0.05, 0.1) is 16.7 Å². The van der Waals surface area contributed by atoms with Crippen molar-refractivity contribution in [2.45, 2.75) is 33.1 Å². The van der Waals surface area contributed by atoms with Crippen LogP contribution in [0.5, 0.6) is 0 Å². The number of fused-ring (bicyclic) bond motifs is 2. The molecular weight excluding hydrogens is 376 g/mol. The number of aromatic nitrogens is 4. The summed E-state index contributed by atoms with van der Waals surface area (Å²) >= 11 is 0. The first-order chi connectivity index (χ1) is 14.3. The van der Waals surface area contributed by atoms with Crippen LogP contribution in [0.15, 0.2) is 30.6 Å². The summed E-state index contributed by atoms with van der Waals surface area (Å²) in [4.78, 5) is 34.1. The van der Waals surface area contributed by atoms with Crippen LogP contribution in [0.3, 0.4) is 0 Å². The minimum Gasteiger partial charge on any atom is -0.356 e. The second-order valence-electron chi connectivity index (χ2n) is 9.70. The van der Waals surface area contributed by atoms with E-state index in [9.17, 15) is 4.79 Å². The Labute approximate surface area is 176 Å². The predicted octanol–water partition coefficient (Wildman–Crippen LogP) is 3.17. The quantitative estimate of drug-likeness (QED) is 0.710. The number of hydrogen-bond donors (Lipinski definition) is 1.